The number of hydrogen-bond donors (Lipinski definition) is 1. The zero-order chi connectivity index (χ0) is 14.1. The summed E-state index contributed by atoms with van der Waals surface area (Å²) in [4.78, 5) is 11.8. The predicted molar refractivity (Wildman–Crippen MR) is 72.9 cm³/mol. The van der Waals surface area contributed by atoms with Crippen LogP contribution in [0.3, 0.4) is 0 Å². The van der Waals surface area contributed by atoms with Crippen LogP contribution in [0.4, 0.5) is 0 Å². The highest BCUT2D eigenvalue weighted by Gasteiger charge is 2.11. The van der Waals surface area contributed by atoms with E-state index in [1.807, 2.05) is 6.07 Å². The van der Waals surface area contributed by atoms with Crippen molar-refractivity contribution in [2.75, 3.05) is 13.7 Å². The zero-order valence-electron chi connectivity index (χ0n) is 11.4. The minimum absolute atomic E-state index is 0.0253. The number of carbonyl (C=O) groups excluding carboxylic acids is 1. The van der Waals surface area contributed by atoms with Crippen molar-refractivity contribution in [3.05, 3.63) is 41.6 Å². The first-order valence-corrected chi connectivity index (χ1v) is 6.52. The van der Waals surface area contributed by atoms with Gasteiger partial charge in [-0.2, -0.15) is 0 Å². The Morgan fingerprint density at radius 1 is 1.26 bits per heavy atom. The van der Waals surface area contributed by atoms with Crippen LogP contribution in [0.25, 0.3) is 5.76 Å². The van der Waals surface area contributed by atoms with Gasteiger partial charge in [-0.3, -0.25) is 0 Å². The van der Waals surface area contributed by atoms with E-state index in [0.717, 1.165) is 19.3 Å². The highest BCUT2D eigenvalue weighted by molar-refractivity contribution is 5.94. The maximum absolute atomic E-state index is 12.1. The quantitative estimate of drug-likeness (QED) is 0.351. The third-order valence-corrected chi connectivity index (χ3v) is 2.70. The fraction of sp³-hybridized carbons (Fsp3) is 0.400. The van der Waals surface area contributed by atoms with Crippen LogP contribution in [0, 0.1) is 0 Å². The molecule has 0 amide bonds. The number of unbranched alkanes of at least 4 members (excludes halogenated alkanes) is 2. The summed E-state index contributed by atoms with van der Waals surface area (Å²) in [5.74, 6) is -0.934. The molecule has 0 unspecified atom stereocenters. The lowest BCUT2D eigenvalue weighted by molar-refractivity contribution is -0.245. The third kappa shape index (κ3) is 4.66. The van der Waals surface area contributed by atoms with Crippen molar-refractivity contribution in [1.82, 2.24) is 5.32 Å². The Balaban J connectivity index is 2.73. The molecule has 19 heavy (non-hydrogen) atoms. The number of rotatable bonds is 7. The number of likely N-dealkylation sites (N-methyl/N-ethyl adjacent to an activating group) is 1. The van der Waals surface area contributed by atoms with Crippen LogP contribution >= 0.6 is 0 Å². The van der Waals surface area contributed by atoms with Gasteiger partial charge in [-0.15, -0.1) is 0 Å². The lowest BCUT2D eigenvalue weighted by Crippen LogP contribution is -2.24. The van der Waals surface area contributed by atoms with Crippen molar-refractivity contribution >= 4 is 11.7 Å². The highest BCUT2D eigenvalue weighted by Crippen LogP contribution is 2.12. The molecule has 1 rings (SSSR count). The van der Waals surface area contributed by atoms with E-state index in [2.05, 4.69) is 12.2 Å². The molecule has 0 aliphatic heterocycles. The SMILES string of the molecule is CCCCCOC(=O)/C(NC)=C(\[O-])c1ccccc1. The number of ether oxygens (including phenoxy) is 1. The number of esters is 1. The van der Waals surface area contributed by atoms with Crippen LogP contribution in [-0.4, -0.2) is 19.6 Å². The fourth-order valence-electron chi connectivity index (χ4n) is 1.63. The maximum Gasteiger partial charge on any atom is 0.353 e. The second-order valence-corrected chi connectivity index (χ2v) is 4.16. The Labute approximate surface area is 114 Å². The summed E-state index contributed by atoms with van der Waals surface area (Å²) in [6, 6.07) is 8.67. The Kier molecular flexibility index (Phi) is 6.50. The summed E-state index contributed by atoms with van der Waals surface area (Å²) in [7, 11) is 1.55. The van der Waals surface area contributed by atoms with Crippen LogP contribution < -0.4 is 10.4 Å². The summed E-state index contributed by atoms with van der Waals surface area (Å²) in [5.41, 5.74) is 0.444. The first kappa shape index (κ1) is 15.1. The van der Waals surface area contributed by atoms with E-state index in [-0.39, 0.29) is 11.5 Å². The molecular formula is C15H20NO3-. The summed E-state index contributed by atoms with van der Waals surface area (Å²) in [5, 5.41) is 14.7. The zero-order valence-corrected chi connectivity index (χ0v) is 11.4. The van der Waals surface area contributed by atoms with E-state index in [4.69, 9.17) is 4.74 Å². The van der Waals surface area contributed by atoms with Crippen molar-refractivity contribution in [2.24, 2.45) is 0 Å². The first-order valence-electron chi connectivity index (χ1n) is 6.52. The van der Waals surface area contributed by atoms with Crippen LogP contribution in [0.5, 0.6) is 0 Å². The minimum atomic E-state index is -0.590. The highest BCUT2D eigenvalue weighted by atomic mass is 16.5. The second-order valence-electron chi connectivity index (χ2n) is 4.16. The third-order valence-electron chi connectivity index (χ3n) is 2.70. The summed E-state index contributed by atoms with van der Waals surface area (Å²) in [6.45, 7) is 2.42. The number of nitrogens with one attached hydrogen (secondary N) is 1. The van der Waals surface area contributed by atoms with E-state index >= 15 is 0 Å². The van der Waals surface area contributed by atoms with Gasteiger partial charge in [0.1, 0.15) is 5.70 Å². The van der Waals surface area contributed by atoms with Crippen molar-refractivity contribution in [2.45, 2.75) is 26.2 Å². The summed E-state index contributed by atoms with van der Waals surface area (Å²) in [6.07, 6.45) is 2.89. The van der Waals surface area contributed by atoms with E-state index in [1.54, 1.807) is 31.3 Å². The molecule has 0 spiro atoms. The van der Waals surface area contributed by atoms with Gasteiger partial charge < -0.3 is 15.2 Å². The van der Waals surface area contributed by atoms with Crippen molar-refractivity contribution in [3.8, 4) is 0 Å². The standard InChI is InChI=1S/C15H21NO3/c1-3-4-8-11-19-15(18)13(16-2)14(17)12-9-6-5-7-10-12/h5-7,9-10,16-17H,3-4,8,11H2,1-2H3/p-1/b14-13+. The lowest BCUT2D eigenvalue weighted by Gasteiger charge is -2.18. The molecule has 1 aromatic carbocycles. The Hall–Kier alpha value is -1.97. The van der Waals surface area contributed by atoms with Gasteiger partial charge in [0.2, 0.25) is 0 Å². The van der Waals surface area contributed by atoms with Gasteiger partial charge in [-0.1, -0.05) is 55.9 Å². The van der Waals surface area contributed by atoms with E-state index in [9.17, 15) is 9.90 Å². The minimum Gasteiger partial charge on any atom is -0.870 e. The Morgan fingerprint density at radius 2 is 1.95 bits per heavy atom. The van der Waals surface area contributed by atoms with Crippen LogP contribution in [0.15, 0.2) is 36.0 Å². The smallest absolute Gasteiger partial charge is 0.353 e. The Bertz CT molecular complexity index is 426. The van der Waals surface area contributed by atoms with E-state index in [0.29, 0.717) is 12.2 Å². The average Bonchev–Trinajstić information content (AvgIpc) is 2.45. The monoisotopic (exact) mass is 262 g/mol. The lowest BCUT2D eigenvalue weighted by atomic mass is 10.1. The molecule has 0 fully saturated rings. The molecule has 0 aromatic heterocycles. The van der Waals surface area contributed by atoms with Crippen molar-refractivity contribution < 1.29 is 14.6 Å². The van der Waals surface area contributed by atoms with Gasteiger partial charge in [0.25, 0.3) is 0 Å². The second kappa shape index (κ2) is 8.19. The van der Waals surface area contributed by atoms with Crippen molar-refractivity contribution in [1.29, 1.82) is 0 Å². The van der Waals surface area contributed by atoms with Crippen LogP contribution in [-0.2, 0) is 9.53 Å². The molecule has 1 aromatic rings. The fourth-order valence-corrected chi connectivity index (χ4v) is 1.63. The van der Waals surface area contributed by atoms with Gasteiger partial charge in [0.05, 0.1) is 6.61 Å². The molecular weight excluding hydrogens is 242 g/mol. The molecule has 4 heteroatoms. The molecule has 0 heterocycles. The van der Waals surface area contributed by atoms with E-state index < -0.39 is 5.97 Å². The summed E-state index contributed by atoms with van der Waals surface area (Å²) >= 11 is 0. The Morgan fingerprint density at radius 3 is 2.53 bits per heavy atom. The number of carbonyl (C=O) groups is 1. The molecule has 0 aliphatic rings. The number of benzene rings is 1. The van der Waals surface area contributed by atoms with Gasteiger partial charge in [-0.05, 0) is 12.0 Å². The molecule has 4 nitrogen and oxygen atoms in total. The number of hydrogen-bond acceptors (Lipinski definition) is 4. The van der Waals surface area contributed by atoms with Gasteiger partial charge in [0, 0.05) is 7.05 Å². The molecule has 0 radical (unpaired) electrons. The largest absolute Gasteiger partial charge is 0.870 e. The maximum atomic E-state index is 12.1. The van der Waals surface area contributed by atoms with Crippen LogP contribution in [0.2, 0.25) is 0 Å². The van der Waals surface area contributed by atoms with E-state index in [1.165, 1.54) is 0 Å². The topological polar surface area (TPSA) is 61.4 Å². The molecule has 0 saturated carbocycles. The molecule has 0 atom stereocenters. The molecule has 0 aliphatic carbocycles. The van der Waals surface area contributed by atoms with Crippen molar-refractivity contribution in [3.63, 3.8) is 0 Å². The van der Waals surface area contributed by atoms with Gasteiger partial charge >= 0.3 is 5.97 Å². The summed E-state index contributed by atoms with van der Waals surface area (Å²) < 4.78 is 5.08. The first-order chi connectivity index (χ1) is 9.20. The molecule has 104 valence electrons. The van der Waals surface area contributed by atoms with Gasteiger partial charge in [0.15, 0.2) is 0 Å². The average molecular weight is 262 g/mol. The van der Waals surface area contributed by atoms with Gasteiger partial charge in [-0.25, -0.2) is 4.79 Å². The molecule has 1 N–H and O–H groups in total. The van der Waals surface area contributed by atoms with Crippen LogP contribution in [0.1, 0.15) is 31.7 Å². The predicted octanol–water partition coefficient (Wildman–Crippen LogP) is 1.67. The molecule has 0 bridgehead atoms. The normalized spacial score (nSPS) is 11.7. The molecule has 0 saturated heterocycles.